The Kier molecular flexibility index (Phi) is 8.19. The maximum atomic E-state index is 4.07. The standard InChI is InChI=1S/C17H29N/c1-14(2)9-8-10-16(5)11-12-18(7)17(6)13-15(3)4/h9,11,13H,6,8,10,12H2,1-5,7H3/b16-11-. The molecule has 0 bridgehead atoms. The lowest BCUT2D eigenvalue weighted by Crippen LogP contribution is -2.16. The van der Waals surface area contributed by atoms with Crippen molar-refractivity contribution in [1.82, 2.24) is 4.90 Å². The van der Waals surface area contributed by atoms with Crippen molar-refractivity contribution >= 4 is 0 Å². The molecule has 0 atom stereocenters. The van der Waals surface area contributed by atoms with E-state index in [1.54, 1.807) is 0 Å². The molecule has 0 aliphatic rings. The van der Waals surface area contributed by atoms with Gasteiger partial charge in [0.1, 0.15) is 0 Å². The molecule has 0 aromatic carbocycles. The van der Waals surface area contributed by atoms with Crippen molar-refractivity contribution in [3.05, 3.63) is 47.2 Å². The third-order valence-electron chi connectivity index (χ3n) is 2.75. The molecule has 0 aliphatic carbocycles. The van der Waals surface area contributed by atoms with E-state index in [0.717, 1.165) is 25.1 Å². The second kappa shape index (κ2) is 8.79. The lowest BCUT2D eigenvalue weighted by molar-refractivity contribution is 0.479. The zero-order valence-electron chi connectivity index (χ0n) is 13.0. The van der Waals surface area contributed by atoms with Crippen LogP contribution in [0.1, 0.15) is 47.5 Å². The first-order valence-electron chi connectivity index (χ1n) is 6.67. The first-order chi connectivity index (χ1) is 8.32. The summed E-state index contributed by atoms with van der Waals surface area (Å²) in [6.07, 6.45) is 9.00. The minimum absolute atomic E-state index is 0.934. The number of hydrogen-bond donors (Lipinski definition) is 0. The van der Waals surface area contributed by atoms with Crippen LogP contribution in [0.5, 0.6) is 0 Å². The van der Waals surface area contributed by atoms with Gasteiger partial charge in [0.15, 0.2) is 0 Å². The van der Waals surface area contributed by atoms with E-state index in [2.05, 4.69) is 71.4 Å². The fraction of sp³-hybridized carbons (Fsp3) is 0.529. The lowest BCUT2D eigenvalue weighted by atomic mass is 10.1. The molecule has 18 heavy (non-hydrogen) atoms. The van der Waals surface area contributed by atoms with Crippen molar-refractivity contribution in [1.29, 1.82) is 0 Å². The van der Waals surface area contributed by atoms with E-state index in [0.29, 0.717) is 0 Å². The second-order valence-corrected chi connectivity index (χ2v) is 5.46. The Morgan fingerprint density at radius 1 is 1.00 bits per heavy atom. The minimum atomic E-state index is 0.934. The lowest BCUT2D eigenvalue weighted by Gasteiger charge is -2.18. The topological polar surface area (TPSA) is 3.24 Å². The Labute approximate surface area is 114 Å². The highest BCUT2D eigenvalue weighted by molar-refractivity contribution is 5.18. The van der Waals surface area contributed by atoms with Gasteiger partial charge in [0, 0.05) is 19.3 Å². The molecule has 1 heteroatoms. The van der Waals surface area contributed by atoms with Crippen molar-refractivity contribution in [3.8, 4) is 0 Å². The molecule has 0 radical (unpaired) electrons. The van der Waals surface area contributed by atoms with Crippen molar-refractivity contribution in [2.75, 3.05) is 13.6 Å². The molecular weight excluding hydrogens is 218 g/mol. The fourth-order valence-electron chi connectivity index (χ4n) is 1.54. The van der Waals surface area contributed by atoms with Gasteiger partial charge in [-0.15, -0.1) is 0 Å². The summed E-state index contributed by atoms with van der Waals surface area (Å²) in [6.45, 7) is 15.7. The summed E-state index contributed by atoms with van der Waals surface area (Å²) in [6, 6.07) is 0. The summed E-state index contributed by atoms with van der Waals surface area (Å²) in [4.78, 5) is 2.18. The predicted molar refractivity (Wildman–Crippen MR) is 83.6 cm³/mol. The fourth-order valence-corrected chi connectivity index (χ4v) is 1.54. The van der Waals surface area contributed by atoms with Gasteiger partial charge in [0.2, 0.25) is 0 Å². The van der Waals surface area contributed by atoms with Crippen LogP contribution >= 0.6 is 0 Å². The van der Waals surface area contributed by atoms with Crippen molar-refractivity contribution in [2.24, 2.45) is 0 Å². The van der Waals surface area contributed by atoms with Gasteiger partial charge in [-0.1, -0.05) is 35.5 Å². The normalized spacial score (nSPS) is 10.9. The highest BCUT2D eigenvalue weighted by Crippen LogP contribution is 2.09. The summed E-state index contributed by atoms with van der Waals surface area (Å²) >= 11 is 0. The van der Waals surface area contributed by atoms with Gasteiger partial charge in [-0.25, -0.2) is 0 Å². The van der Waals surface area contributed by atoms with Crippen molar-refractivity contribution in [3.63, 3.8) is 0 Å². The van der Waals surface area contributed by atoms with Gasteiger partial charge >= 0.3 is 0 Å². The SMILES string of the molecule is C=C(C=C(C)C)N(C)C/C=C(/C)CCC=C(C)C. The van der Waals surface area contributed by atoms with E-state index in [4.69, 9.17) is 0 Å². The number of hydrogen-bond acceptors (Lipinski definition) is 1. The number of nitrogens with zero attached hydrogens (tertiary/aromatic N) is 1. The summed E-state index contributed by atoms with van der Waals surface area (Å²) in [5.41, 5.74) is 5.21. The number of allylic oxidation sites excluding steroid dienone is 5. The molecule has 0 fully saturated rings. The summed E-state index contributed by atoms with van der Waals surface area (Å²) in [5, 5.41) is 0. The Hall–Kier alpha value is -1.24. The predicted octanol–water partition coefficient (Wildman–Crippen LogP) is 5.09. The van der Waals surface area contributed by atoms with Gasteiger partial charge in [-0.2, -0.15) is 0 Å². The molecule has 0 saturated heterocycles. The quantitative estimate of drug-likeness (QED) is 0.447. The molecule has 0 aromatic heterocycles. The van der Waals surface area contributed by atoms with Crippen LogP contribution < -0.4 is 0 Å². The van der Waals surface area contributed by atoms with Gasteiger partial charge in [-0.3, -0.25) is 0 Å². The van der Waals surface area contributed by atoms with Crippen molar-refractivity contribution in [2.45, 2.75) is 47.5 Å². The largest absolute Gasteiger partial charge is 0.371 e. The molecule has 1 nitrogen and oxygen atoms in total. The average Bonchev–Trinajstić information content (AvgIpc) is 2.24. The smallest absolute Gasteiger partial charge is 0.0358 e. The van der Waals surface area contributed by atoms with Gasteiger partial charge in [-0.05, 0) is 53.5 Å². The van der Waals surface area contributed by atoms with E-state index >= 15 is 0 Å². The Balaban J connectivity index is 4.17. The first kappa shape index (κ1) is 16.8. The van der Waals surface area contributed by atoms with Crippen LogP contribution in [0.3, 0.4) is 0 Å². The highest BCUT2D eigenvalue weighted by atomic mass is 15.1. The number of rotatable bonds is 7. The van der Waals surface area contributed by atoms with Crippen LogP contribution in [-0.2, 0) is 0 Å². The first-order valence-corrected chi connectivity index (χ1v) is 6.67. The summed E-state index contributed by atoms with van der Waals surface area (Å²) in [7, 11) is 2.08. The molecule has 0 N–H and O–H groups in total. The Morgan fingerprint density at radius 3 is 2.11 bits per heavy atom. The monoisotopic (exact) mass is 247 g/mol. The maximum absolute atomic E-state index is 4.07. The van der Waals surface area contributed by atoms with Gasteiger partial charge < -0.3 is 4.90 Å². The van der Waals surface area contributed by atoms with Crippen LogP contribution in [0.15, 0.2) is 47.2 Å². The van der Waals surface area contributed by atoms with E-state index in [1.807, 2.05) is 0 Å². The molecule has 0 unspecified atom stereocenters. The second-order valence-electron chi connectivity index (χ2n) is 5.46. The highest BCUT2D eigenvalue weighted by Gasteiger charge is 1.97. The molecule has 0 rings (SSSR count). The van der Waals surface area contributed by atoms with Crippen LogP contribution in [0.2, 0.25) is 0 Å². The molecule has 102 valence electrons. The van der Waals surface area contributed by atoms with Crippen LogP contribution in [0, 0.1) is 0 Å². The third-order valence-corrected chi connectivity index (χ3v) is 2.75. The van der Waals surface area contributed by atoms with Crippen molar-refractivity contribution < 1.29 is 0 Å². The molecule has 0 spiro atoms. The Bertz CT molecular complexity index is 348. The Morgan fingerprint density at radius 2 is 1.61 bits per heavy atom. The van der Waals surface area contributed by atoms with Crippen LogP contribution in [0.4, 0.5) is 0 Å². The van der Waals surface area contributed by atoms with E-state index < -0.39 is 0 Å². The number of likely N-dealkylation sites (N-methyl/N-ethyl adjacent to an activating group) is 1. The van der Waals surface area contributed by atoms with E-state index in [-0.39, 0.29) is 0 Å². The molecule has 0 aromatic rings. The van der Waals surface area contributed by atoms with Crippen LogP contribution in [-0.4, -0.2) is 18.5 Å². The zero-order chi connectivity index (χ0) is 14.1. The average molecular weight is 247 g/mol. The summed E-state index contributed by atoms with van der Waals surface area (Å²) < 4.78 is 0. The third kappa shape index (κ3) is 8.86. The van der Waals surface area contributed by atoms with E-state index in [9.17, 15) is 0 Å². The molecule has 0 aliphatic heterocycles. The van der Waals surface area contributed by atoms with Gasteiger partial charge in [0.25, 0.3) is 0 Å². The zero-order valence-corrected chi connectivity index (χ0v) is 13.0. The molecular formula is C17H29N. The minimum Gasteiger partial charge on any atom is -0.371 e. The molecule has 0 amide bonds. The van der Waals surface area contributed by atoms with E-state index in [1.165, 1.54) is 16.7 Å². The maximum Gasteiger partial charge on any atom is 0.0358 e. The molecule has 0 saturated carbocycles. The summed E-state index contributed by atoms with van der Waals surface area (Å²) in [5.74, 6) is 0. The van der Waals surface area contributed by atoms with Gasteiger partial charge in [0.05, 0.1) is 0 Å². The molecule has 0 heterocycles. The van der Waals surface area contributed by atoms with Crippen LogP contribution in [0.25, 0.3) is 0 Å².